The van der Waals surface area contributed by atoms with E-state index in [2.05, 4.69) is 0 Å². The lowest BCUT2D eigenvalue weighted by molar-refractivity contribution is -0.137. The van der Waals surface area contributed by atoms with Crippen LogP contribution in [0, 0.1) is 0 Å². The van der Waals surface area contributed by atoms with Gasteiger partial charge in [-0.15, -0.1) is 0 Å². The second-order valence-corrected chi connectivity index (χ2v) is 7.30. The van der Waals surface area contributed by atoms with Gasteiger partial charge in [-0.25, -0.2) is 0 Å². The van der Waals surface area contributed by atoms with Crippen molar-refractivity contribution in [2.75, 3.05) is 13.1 Å². The largest absolute Gasteiger partial charge is 0.508 e. The highest BCUT2D eigenvalue weighted by molar-refractivity contribution is 6.07. The molecule has 0 bridgehead atoms. The van der Waals surface area contributed by atoms with Crippen LogP contribution in [0.15, 0.2) is 60.7 Å². The summed E-state index contributed by atoms with van der Waals surface area (Å²) >= 11 is 0. The number of fused-ring (bicyclic) bond motifs is 1. The van der Waals surface area contributed by atoms with Gasteiger partial charge in [-0.3, -0.25) is 4.79 Å². The zero-order chi connectivity index (χ0) is 20.8. The fourth-order valence-corrected chi connectivity index (χ4v) is 3.82. The number of phenols is 1. The Morgan fingerprint density at radius 3 is 2.55 bits per heavy atom. The Morgan fingerprint density at radius 1 is 1.03 bits per heavy atom. The lowest BCUT2D eigenvalue weighted by atomic mass is 9.91. The molecule has 1 fully saturated rings. The number of likely N-dealkylation sites (tertiary alicyclic amines) is 1. The number of halogens is 3. The summed E-state index contributed by atoms with van der Waals surface area (Å²) in [5.41, 5.74) is -1.82. The maximum Gasteiger partial charge on any atom is 0.416 e. The van der Waals surface area contributed by atoms with E-state index in [1.807, 2.05) is 0 Å². The Labute approximate surface area is 164 Å². The molecule has 4 nitrogen and oxygen atoms in total. The first kappa shape index (κ1) is 19.3. The first-order valence-electron chi connectivity index (χ1n) is 9.08. The standard InChI is InChI=1S/C22H18F3NO3/c23-22(24,25)16-5-2-4-15(12-16)21(29)9-10-26(13-21)20(28)19-6-1-3-14-11-17(27)7-8-18(14)19/h1-8,11-12,27,29H,9-10,13H2. The maximum absolute atomic E-state index is 13.1. The van der Waals surface area contributed by atoms with E-state index in [9.17, 15) is 28.2 Å². The van der Waals surface area contributed by atoms with Gasteiger partial charge in [0.1, 0.15) is 11.4 Å². The van der Waals surface area contributed by atoms with Gasteiger partial charge in [0.05, 0.1) is 12.1 Å². The highest BCUT2D eigenvalue weighted by Gasteiger charge is 2.41. The lowest BCUT2D eigenvalue weighted by Gasteiger charge is -2.25. The van der Waals surface area contributed by atoms with Crippen molar-refractivity contribution >= 4 is 16.7 Å². The van der Waals surface area contributed by atoms with Gasteiger partial charge >= 0.3 is 6.18 Å². The molecule has 29 heavy (non-hydrogen) atoms. The molecular formula is C22H18F3NO3. The van der Waals surface area contributed by atoms with Crippen LogP contribution in [0.1, 0.15) is 27.9 Å². The molecule has 1 saturated heterocycles. The van der Waals surface area contributed by atoms with Gasteiger partial charge in [0.25, 0.3) is 5.91 Å². The summed E-state index contributed by atoms with van der Waals surface area (Å²) in [5, 5.41) is 22.0. The average Bonchev–Trinajstić information content (AvgIpc) is 3.10. The first-order chi connectivity index (χ1) is 13.7. The van der Waals surface area contributed by atoms with Crippen molar-refractivity contribution in [1.82, 2.24) is 4.90 Å². The number of phenolic OH excluding ortho intramolecular Hbond substituents is 1. The van der Waals surface area contributed by atoms with Crippen LogP contribution in [-0.2, 0) is 11.8 Å². The number of benzene rings is 3. The third kappa shape index (κ3) is 3.53. The molecule has 4 rings (SSSR count). The molecule has 0 aliphatic carbocycles. The number of hydrogen-bond donors (Lipinski definition) is 2. The number of amides is 1. The van der Waals surface area contributed by atoms with Crippen LogP contribution in [0.2, 0.25) is 0 Å². The van der Waals surface area contributed by atoms with Gasteiger partial charge in [-0.2, -0.15) is 13.2 Å². The third-order valence-corrected chi connectivity index (χ3v) is 5.36. The topological polar surface area (TPSA) is 60.8 Å². The van der Waals surface area contributed by atoms with E-state index in [0.717, 1.165) is 12.1 Å². The normalized spacial score (nSPS) is 19.7. The van der Waals surface area contributed by atoms with Crippen LogP contribution >= 0.6 is 0 Å². The van der Waals surface area contributed by atoms with Crippen molar-refractivity contribution in [3.05, 3.63) is 77.4 Å². The van der Waals surface area contributed by atoms with Crippen molar-refractivity contribution in [3.8, 4) is 5.75 Å². The van der Waals surface area contributed by atoms with E-state index >= 15 is 0 Å². The summed E-state index contributed by atoms with van der Waals surface area (Å²) in [5.74, 6) is -0.230. The Bertz CT molecular complexity index is 1100. The molecule has 1 unspecified atom stereocenters. The minimum atomic E-state index is -4.50. The molecule has 0 aromatic heterocycles. The number of rotatable bonds is 2. The zero-order valence-electron chi connectivity index (χ0n) is 15.3. The molecule has 7 heteroatoms. The first-order valence-corrected chi connectivity index (χ1v) is 9.08. The van der Waals surface area contributed by atoms with Crippen molar-refractivity contribution < 1.29 is 28.2 Å². The van der Waals surface area contributed by atoms with E-state index in [1.165, 1.54) is 23.1 Å². The van der Waals surface area contributed by atoms with Gasteiger partial charge in [0, 0.05) is 12.1 Å². The predicted octanol–water partition coefficient (Wildman–Crippen LogP) is 4.30. The highest BCUT2D eigenvalue weighted by Crippen LogP contribution is 2.37. The summed E-state index contributed by atoms with van der Waals surface area (Å²) in [6.07, 6.45) is -4.36. The van der Waals surface area contributed by atoms with Crippen molar-refractivity contribution in [2.24, 2.45) is 0 Å². The summed E-state index contributed by atoms with van der Waals surface area (Å²) in [4.78, 5) is 14.5. The summed E-state index contributed by atoms with van der Waals surface area (Å²) < 4.78 is 39.1. The van der Waals surface area contributed by atoms with Crippen LogP contribution in [0.25, 0.3) is 10.8 Å². The molecule has 0 saturated carbocycles. The average molecular weight is 401 g/mol. The molecule has 1 aliphatic rings. The van der Waals surface area contributed by atoms with Gasteiger partial charge in [0.2, 0.25) is 0 Å². The molecule has 2 N–H and O–H groups in total. The second kappa shape index (κ2) is 6.77. The van der Waals surface area contributed by atoms with Gasteiger partial charge in [-0.1, -0.05) is 24.3 Å². The van der Waals surface area contributed by atoms with Crippen LogP contribution in [0.5, 0.6) is 5.75 Å². The maximum atomic E-state index is 13.1. The second-order valence-electron chi connectivity index (χ2n) is 7.30. The van der Waals surface area contributed by atoms with Crippen LogP contribution < -0.4 is 0 Å². The van der Waals surface area contributed by atoms with Crippen molar-refractivity contribution in [3.63, 3.8) is 0 Å². The fourth-order valence-electron chi connectivity index (χ4n) is 3.82. The van der Waals surface area contributed by atoms with Crippen molar-refractivity contribution in [1.29, 1.82) is 0 Å². The number of alkyl halides is 3. The number of carbonyl (C=O) groups excluding carboxylic acids is 1. The van der Waals surface area contributed by atoms with Crippen LogP contribution in [0.3, 0.4) is 0 Å². The van der Waals surface area contributed by atoms with E-state index in [4.69, 9.17) is 0 Å². The molecule has 1 aliphatic heterocycles. The highest BCUT2D eigenvalue weighted by atomic mass is 19.4. The molecule has 1 heterocycles. The zero-order valence-corrected chi connectivity index (χ0v) is 15.3. The Kier molecular flexibility index (Phi) is 4.50. The number of β-amino-alcohol motifs (C(OH)–C–C–N with tert-alkyl or cyclic N) is 1. The van der Waals surface area contributed by atoms with Gasteiger partial charge in [-0.05, 0) is 59.2 Å². The molecular weight excluding hydrogens is 383 g/mol. The molecule has 0 radical (unpaired) electrons. The van der Waals surface area contributed by atoms with E-state index in [0.29, 0.717) is 16.3 Å². The van der Waals surface area contributed by atoms with Gasteiger partial charge in [0.15, 0.2) is 0 Å². The van der Waals surface area contributed by atoms with Crippen molar-refractivity contribution in [2.45, 2.75) is 18.2 Å². The van der Waals surface area contributed by atoms with E-state index in [-0.39, 0.29) is 36.7 Å². The SMILES string of the molecule is O=C(c1cccc2cc(O)ccc12)N1CCC(O)(c2cccc(C(F)(F)F)c2)C1. The van der Waals surface area contributed by atoms with Crippen LogP contribution in [-0.4, -0.2) is 34.1 Å². The Morgan fingerprint density at radius 2 is 1.79 bits per heavy atom. The number of hydrogen-bond acceptors (Lipinski definition) is 3. The van der Waals surface area contributed by atoms with E-state index in [1.54, 1.807) is 30.3 Å². The quantitative estimate of drug-likeness (QED) is 0.673. The molecule has 3 aromatic rings. The minimum Gasteiger partial charge on any atom is -0.508 e. The summed E-state index contributed by atoms with van der Waals surface area (Å²) in [6.45, 7) is 0.127. The summed E-state index contributed by atoms with van der Waals surface area (Å²) in [6, 6.07) is 14.4. The predicted molar refractivity (Wildman–Crippen MR) is 101 cm³/mol. The molecule has 0 spiro atoms. The van der Waals surface area contributed by atoms with Gasteiger partial charge < -0.3 is 15.1 Å². The molecule has 150 valence electrons. The fraction of sp³-hybridized carbons (Fsp3) is 0.227. The number of carbonyl (C=O) groups is 1. The molecule has 3 aromatic carbocycles. The summed E-state index contributed by atoms with van der Waals surface area (Å²) in [7, 11) is 0. The molecule has 1 amide bonds. The monoisotopic (exact) mass is 401 g/mol. The number of aromatic hydroxyl groups is 1. The Balaban J connectivity index is 1.63. The Hall–Kier alpha value is -3.06. The third-order valence-electron chi connectivity index (χ3n) is 5.36. The van der Waals surface area contributed by atoms with Crippen LogP contribution in [0.4, 0.5) is 13.2 Å². The van der Waals surface area contributed by atoms with E-state index < -0.39 is 17.3 Å². The smallest absolute Gasteiger partial charge is 0.416 e. The minimum absolute atomic E-state index is 0.0854. The lowest BCUT2D eigenvalue weighted by Crippen LogP contribution is -2.34. The number of nitrogens with zero attached hydrogens (tertiary/aromatic N) is 1. The molecule has 1 atom stereocenters. The number of aliphatic hydroxyl groups is 1.